The number of nitrogens with one attached hydrogen (secondary N) is 2. The molecule has 0 saturated carbocycles. The highest BCUT2D eigenvalue weighted by Gasteiger charge is 2.28. The lowest BCUT2D eigenvalue weighted by molar-refractivity contribution is -0.122. The summed E-state index contributed by atoms with van der Waals surface area (Å²) in [6, 6.07) is 12.1. The number of hydrogen-bond donors (Lipinski definition) is 3. The van der Waals surface area contributed by atoms with Gasteiger partial charge < -0.3 is 11.1 Å². The predicted octanol–water partition coefficient (Wildman–Crippen LogP) is 2.06. The number of nitrogens with two attached hydrogens (primary N) is 1. The van der Waals surface area contributed by atoms with Crippen molar-refractivity contribution in [2.75, 3.05) is 18.4 Å². The molecule has 1 unspecified atom stereocenters. The number of likely N-dealkylation sites (tertiary alicyclic amines) is 1. The van der Waals surface area contributed by atoms with Gasteiger partial charge >= 0.3 is 0 Å². The number of amides is 2. The van der Waals surface area contributed by atoms with E-state index >= 15 is 0 Å². The zero-order valence-corrected chi connectivity index (χ0v) is 19.2. The number of carbonyl (C=O) groups is 2. The molecular weight excluding hydrogens is 428 g/mol. The maximum atomic E-state index is 12.4. The van der Waals surface area contributed by atoms with Gasteiger partial charge in [-0.2, -0.15) is 0 Å². The second-order valence-corrected chi connectivity index (χ2v) is 9.94. The van der Waals surface area contributed by atoms with Crippen molar-refractivity contribution < 1.29 is 18.0 Å². The summed E-state index contributed by atoms with van der Waals surface area (Å²) in [6.45, 7) is 5.15. The Morgan fingerprint density at radius 1 is 1.12 bits per heavy atom. The first-order chi connectivity index (χ1) is 15.2. The van der Waals surface area contributed by atoms with Crippen LogP contribution in [0.5, 0.6) is 0 Å². The van der Waals surface area contributed by atoms with E-state index in [1.165, 1.54) is 0 Å². The van der Waals surface area contributed by atoms with Crippen molar-refractivity contribution in [1.82, 2.24) is 9.62 Å². The van der Waals surface area contributed by atoms with Crippen molar-refractivity contribution in [3.05, 3.63) is 59.2 Å². The summed E-state index contributed by atoms with van der Waals surface area (Å²) < 4.78 is 27.4. The highest BCUT2D eigenvalue weighted by Crippen LogP contribution is 2.21. The number of sulfonamides is 1. The number of primary amides is 1. The van der Waals surface area contributed by atoms with E-state index in [1.54, 1.807) is 24.3 Å². The molecule has 32 heavy (non-hydrogen) atoms. The Hall–Kier alpha value is -2.75. The van der Waals surface area contributed by atoms with E-state index in [0.717, 1.165) is 36.1 Å². The molecule has 3 rings (SSSR count). The Morgan fingerprint density at radius 2 is 1.91 bits per heavy atom. The third kappa shape index (κ3) is 6.15. The van der Waals surface area contributed by atoms with Crippen molar-refractivity contribution in [1.29, 1.82) is 0 Å². The van der Waals surface area contributed by atoms with E-state index in [9.17, 15) is 18.0 Å². The highest BCUT2D eigenvalue weighted by molar-refractivity contribution is 7.89. The normalized spacial score (nSPS) is 16.8. The van der Waals surface area contributed by atoms with E-state index < -0.39 is 10.0 Å². The minimum absolute atomic E-state index is 0.00414. The lowest BCUT2D eigenvalue weighted by Crippen LogP contribution is -2.39. The van der Waals surface area contributed by atoms with E-state index in [-0.39, 0.29) is 35.7 Å². The summed E-state index contributed by atoms with van der Waals surface area (Å²) in [5.74, 6) is -0.601. The van der Waals surface area contributed by atoms with Crippen LogP contribution >= 0.6 is 0 Å². The summed E-state index contributed by atoms with van der Waals surface area (Å²) >= 11 is 0. The fourth-order valence-electron chi connectivity index (χ4n) is 3.81. The average Bonchev–Trinajstić information content (AvgIpc) is 3.18. The van der Waals surface area contributed by atoms with Gasteiger partial charge in [0.1, 0.15) is 0 Å². The van der Waals surface area contributed by atoms with Crippen LogP contribution in [0.3, 0.4) is 0 Å². The number of aryl methyl sites for hydroxylation is 2. The summed E-state index contributed by atoms with van der Waals surface area (Å²) in [4.78, 5) is 26.1. The molecule has 2 aromatic rings. The van der Waals surface area contributed by atoms with Crippen LogP contribution in [0.25, 0.3) is 0 Å². The van der Waals surface area contributed by atoms with Crippen LogP contribution in [-0.2, 0) is 26.2 Å². The molecule has 2 amide bonds. The Kier molecular flexibility index (Phi) is 7.65. The number of hydrogen-bond acceptors (Lipinski definition) is 5. The summed E-state index contributed by atoms with van der Waals surface area (Å²) in [5.41, 5.74) is 8.97. The standard InChI is InChI=1S/C23H30N4O4S/c1-16-8-9-20(13-17(16)2)32(30,31)25-11-10-22(28)26-19-6-3-5-18(14-19)15-27-12-4-7-21(27)23(24)29/h3,5-6,8-9,13-14,21,25H,4,7,10-12,15H2,1-2H3,(H2,24,29)(H,26,28). The van der Waals surface area contributed by atoms with Gasteiger partial charge in [-0.15, -0.1) is 0 Å². The molecule has 172 valence electrons. The Balaban J connectivity index is 1.52. The Bertz CT molecular complexity index is 1100. The Morgan fingerprint density at radius 3 is 2.62 bits per heavy atom. The van der Waals surface area contributed by atoms with Gasteiger partial charge in [-0.3, -0.25) is 14.5 Å². The van der Waals surface area contributed by atoms with Gasteiger partial charge in [-0.25, -0.2) is 13.1 Å². The molecule has 0 spiro atoms. The molecule has 1 heterocycles. The summed E-state index contributed by atoms with van der Waals surface area (Å²) in [6.07, 6.45) is 1.70. The number of anilines is 1. The van der Waals surface area contributed by atoms with Crippen LogP contribution in [0.15, 0.2) is 47.4 Å². The number of benzene rings is 2. The molecule has 2 aromatic carbocycles. The van der Waals surface area contributed by atoms with E-state index in [0.29, 0.717) is 12.2 Å². The Labute approximate surface area is 189 Å². The predicted molar refractivity (Wildman–Crippen MR) is 123 cm³/mol. The number of nitrogens with zero attached hydrogens (tertiary/aromatic N) is 1. The molecule has 1 aliphatic rings. The summed E-state index contributed by atoms with van der Waals surface area (Å²) in [5, 5.41) is 2.80. The largest absolute Gasteiger partial charge is 0.368 e. The monoisotopic (exact) mass is 458 g/mol. The van der Waals surface area contributed by atoms with Gasteiger partial charge in [0, 0.05) is 25.2 Å². The first-order valence-electron chi connectivity index (χ1n) is 10.6. The zero-order chi connectivity index (χ0) is 23.3. The van der Waals surface area contributed by atoms with E-state index in [4.69, 9.17) is 5.73 Å². The molecule has 4 N–H and O–H groups in total. The third-order valence-corrected chi connectivity index (χ3v) is 7.18. The molecule has 0 aromatic heterocycles. The molecule has 0 bridgehead atoms. The van der Waals surface area contributed by atoms with Gasteiger partial charge in [0.2, 0.25) is 21.8 Å². The molecule has 1 aliphatic heterocycles. The fourth-order valence-corrected chi connectivity index (χ4v) is 4.92. The highest BCUT2D eigenvalue weighted by atomic mass is 32.2. The topological polar surface area (TPSA) is 122 Å². The average molecular weight is 459 g/mol. The van der Waals surface area contributed by atoms with Crippen LogP contribution in [0.2, 0.25) is 0 Å². The van der Waals surface area contributed by atoms with Gasteiger partial charge in [-0.05, 0) is 74.2 Å². The van der Waals surface area contributed by atoms with E-state index in [1.807, 2.05) is 36.9 Å². The molecule has 1 saturated heterocycles. The van der Waals surface area contributed by atoms with Crippen molar-refractivity contribution in [2.24, 2.45) is 5.73 Å². The van der Waals surface area contributed by atoms with Gasteiger partial charge in [0.05, 0.1) is 10.9 Å². The second kappa shape index (κ2) is 10.2. The van der Waals surface area contributed by atoms with Crippen molar-refractivity contribution >= 4 is 27.5 Å². The fraction of sp³-hybridized carbons (Fsp3) is 0.391. The van der Waals surface area contributed by atoms with Gasteiger partial charge in [-0.1, -0.05) is 18.2 Å². The molecule has 9 heteroatoms. The number of carbonyl (C=O) groups excluding carboxylic acids is 2. The van der Waals surface area contributed by atoms with Gasteiger partial charge in [0.25, 0.3) is 0 Å². The summed E-state index contributed by atoms with van der Waals surface area (Å²) in [7, 11) is -3.67. The van der Waals surface area contributed by atoms with E-state index in [2.05, 4.69) is 10.0 Å². The molecule has 8 nitrogen and oxygen atoms in total. The quantitative estimate of drug-likeness (QED) is 0.531. The second-order valence-electron chi connectivity index (χ2n) is 8.17. The minimum Gasteiger partial charge on any atom is -0.368 e. The lowest BCUT2D eigenvalue weighted by Gasteiger charge is -2.22. The zero-order valence-electron chi connectivity index (χ0n) is 18.4. The van der Waals surface area contributed by atoms with Crippen LogP contribution in [0.1, 0.15) is 36.0 Å². The van der Waals surface area contributed by atoms with Crippen molar-refractivity contribution in [2.45, 2.75) is 50.6 Å². The van der Waals surface area contributed by atoms with Gasteiger partial charge in [0.15, 0.2) is 0 Å². The maximum Gasteiger partial charge on any atom is 0.240 e. The third-order valence-electron chi connectivity index (χ3n) is 5.72. The van der Waals surface area contributed by atoms with Crippen LogP contribution in [0.4, 0.5) is 5.69 Å². The minimum atomic E-state index is -3.67. The van der Waals surface area contributed by atoms with Crippen molar-refractivity contribution in [3.63, 3.8) is 0 Å². The molecule has 1 fully saturated rings. The first kappa shape index (κ1) is 23.9. The van der Waals surface area contributed by atoms with Crippen molar-refractivity contribution in [3.8, 4) is 0 Å². The molecule has 0 radical (unpaired) electrons. The molecule has 0 aliphatic carbocycles. The SMILES string of the molecule is Cc1ccc(S(=O)(=O)NCCC(=O)Nc2cccc(CN3CCCC3C(N)=O)c2)cc1C. The lowest BCUT2D eigenvalue weighted by atomic mass is 10.1. The maximum absolute atomic E-state index is 12.4. The van der Waals surface area contributed by atoms with Crippen LogP contribution < -0.4 is 15.8 Å². The first-order valence-corrected chi connectivity index (χ1v) is 12.1. The van der Waals surface area contributed by atoms with Crippen LogP contribution in [-0.4, -0.2) is 44.3 Å². The van der Waals surface area contributed by atoms with Crippen LogP contribution in [0, 0.1) is 13.8 Å². The molecular formula is C23H30N4O4S. The smallest absolute Gasteiger partial charge is 0.240 e. The number of rotatable bonds is 9. The molecule has 1 atom stereocenters.